The van der Waals surface area contributed by atoms with Crippen molar-refractivity contribution in [1.29, 1.82) is 0 Å². The minimum atomic E-state index is -0.813. The minimum Gasteiger partial charge on any atom is -0.481 e. The monoisotopic (exact) mass is 269 g/mol. The van der Waals surface area contributed by atoms with Gasteiger partial charge in [0, 0.05) is 25.2 Å². The first-order chi connectivity index (χ1) is 9.08. The van der Waals surface area contributed by atoms with Crippen molar-refractivity contribution in [2.45, 2.75) is 50.6 Å². The predicted molar refractivity (Wildman–Crippen MR) is 70.7 cm³/mol. The first kappa shape index (κ1) is 14.1. The normalized spacial score (nSPS) is 31.8. The molecule has 19 heavy (non-hydrogen) atoms. The largest absolute Gasteiger partial charge is 0.481 e. The average molecular weight is 269 g/mol. The first-order valence-corrected chi connectivity index (χ1v) is 7.11. The fourth-order valence-electron chi connectivity index (χ4n) is 2.95. The van der Waals surface area contributed by atoms with Gasteiger partial charge in [0.25, 0.3) is 0 Å². The van der Waals surface area contributed by atoms with Crippen LogP contribution in [0.15, 0.2) is 0 Å². The van der Waals surface area contributed by atoms with Crippen molar-refractivity contribution in [3.8, 4) is 0 Å². The van der Waals surface area contributed by atoms with E-state index in [0.29, 0.717) is 19.5 Å². The highest BCUT2D eigenvalue weighted by Gasteiger charge is 2.30. The summed E-state index contributed by atoms with van der Waals surface area (Å²) in [6.45, 7) is 0.945. The second kappa shape index (κ2) is 6.23. The summed E-state index contributed by atoms with van der Waals surface area (Å²) in [6, 6.07) is -0.0995. The Bertz CT molecular complexity index is 348. The van der Waals surface area contributed by atoms with Crippen LogP contribution in [0.5, 0.6) is 0 Å². The molecule has 0 aromatic heterocycles. The summed E-state index contributed by atoms with van der Waals surface area (Å²) in [4.78, 5) is 24.7. The summed E-state index contributed by atoms with van der Waals surface area (Å²) in [5.41, 5.74) is 6.00. The Morgan fingerprint density at radius 3 is 2.58 bits per heavy atom. The van der Waals surface area contributed by atoms with Gasteiger partial charge < -0.3 is 21.1 Å². The van der Waals surface area contributed by atoms with Crippen LogP contribution in [-0.2, 0) is 4.79 Å². The fraction of sp³-hybridized carbons (Fsp3) is 0.846. The molecule has 4 N–H and O–H groups in total. The zero-order valence-electron chi connectivity index (χ0n) is 11.2. The van der Waals surface area contributed by atoms with Gasteiger partial charge in [-0.25, -0.2) is 4.79 Å². The molecule has 6 heteroatoms. The fourth-order valence-corrected chi connectivity index (χ4v) is 2.95. The predicted octanol–water partition coefficient (Wildman–Crippen LogP) is 0.762. The second-order valence-electron chi connectivity index (χ2n) is 5.63. The molecule has 3 unspecified atom stereocenters. The molecule has 2 aliphatic rings. The number of piperidine rings is 1. The number of hydrogen-bond acceptors (Lipinski definition) is 3. The van der Waals surface area contributed by atoms with Gasteiger partial charge >= 0.3 is 12.0 Å². The van der Waals surface area contributed by atoms with Crippen LogP contribution in [0.4, 0.5) is 4.79 Å². The van der Waals surface area contributed by atoms with E-state index in [1.54, 1.807) is 4.90 Å². The van der Waals surface area contributed by atoms with Crippen molar-refractivity contribution in [2.75, 3.05) is 13.1 Å². The van der Waals surface area contributed by atoms with Gasteiger partial charge in [0.05, 0.1) is 5.92 Å². The highest BCUT2D eigenvalue weighted by Crippen LogP contribution is 2.19. The van der Waals surface area contributed by atoms with E-state index in [1.807, 2.05) is 0 Å². The van der Waals surface area contributed by atoms with E-state index in [2.05, 4.69) is 5.32 Å². The highest BCUT2D eigenvalue weighted by atomic mass is 16.4. The molecule has 108 valence electrons. The third-order valence-electron chi connectivity index (χ3n) is 4.19. The first-order valence-electron chi connectivity index (χ1n) is 7.11. The van der Waals surface area contributed by atoms with Gasteiger partial charge in [0.1, 0.15) is 0 Å². The maximum Gasteiger partial charge on any atom is 0.317 e. The van der Waals surface area contributed by atoms with Crippen molar-refractivity contribution in [3.05, 3.63) is 0 Å². The molecule has 2 rings (SSSR count). The van der Waals surface area contributed by atoms with Crippen LogP contribution in [0.3, 0.4) is 0 Å². The Morgan fingerprint density at radius 2 is 1.89 bits per heavy atom. The molecule has 1 saturated heterocycles. The standard InChI is InChI=1S/C13H23N3O3/c14-10-5-1-2-6-11(10)15-13(19)16-7-3-4-9(8-16)12(17)18/h9-11H,1-8,14H2,(H,15,19)(H,17,18). The molecular weight excluding hydrogens is 246 g/mol. The van der Waals surface area contributed by atoms with E-state index in [9.17, 15) is 9.59 Å². The third-order valence-corrected chi connectivity index (χ3v) is 4.19. The van der Waals surface area contributed by atoms with Crippen LogP contribution in [0.2, 0.25) is 0 Å². The number of likely N-dealkylation sites (tertiary alicyclic amines) is 1. The van der Waals surface area contributed by atoms with Crippen molar-refractivity contribution in [2.24, 2.45) is 11.7 Å². The molecule has 0 aromatic carbocycles. The molecule has 2 amide bonds. The Kier molecular flexibility index (Phi) is 4.63. The lowest BCUT2D eigenvalue weighted by Crippen LogP contribution is -2.55. The summed E-state index contributed by atoms with van der Waals surface area (Å²) in [5.74, 6) is -1.24. The average Bonchev–Trinajstić information content (AvgIpc) is 2.41. The number of rotatable bonds is 2. The van der Waals surface area contributed by atoms with Crippen LogP contribution in [-0.4, -0.2) is 47.2 Å². The molecule has 0 aromatic rings. The van der Waals surface area contributed by atoms with Crippen molar-refractivity contribution in [1.82, 2.24) is 10.2 Å². The number of carbonyl (C=O) groups is 2. The number of nitrogens with zero attached hydrogens (tertiary/aromatic N) is 1. The minimum absolute atomic E-state index is 0.0257. The number of urea groups is 1. The zero-order chi connectivity index (χ0) is 13.8. The van der Waals surface area contributed by atoms with Gasteiger partial charge in [-0.2, -0.15) is 0 Å². The number of hydrogen-bond donors (Lipinski definition) is 3. The van der Waals surface area contributed by atoms with Gasteiger partial charge in [-0.1, -0.05) is 12.8 Å². The van der Waals surface area contributed by atoms with E-state index >= 15 is 0 Å². The number of amides is 2. The number of aliphatic carboxylic acids is 1. The summed E-state index contributed by atoms with van der Waals surface area (Å²) in [7, 11) is 0. The smallest absolute Gasteiger partial charge is 0.317 e. The zero-order valence-corrected chi connectivity index (χ0v) is 11.2. The molecule has 1 aliphatic carbocycles. The molecule has 1 aliphatic heterocycles. The molecule has 0 bridgehead atoms. The van der Waals surface area contributed by atoms with E-state index in [0.717, 1.165) is 32.1 Å². The highest BCUT2D eigenvalue weighted by molar-refractivity contribution is 5.76. The number of carboxylic acids is 1. The van der Waals surface area contributed by atoms with E-state index < -0.39 is 11.9 Å². The quantitative estimate of drug-likeness (QED) is 0.689. The van der Waals surface area contributed by atoms with Gasteiger partial charge in [0.15, 0.2) is 0 Å². The lowest BCUT2D eigenvalue weighted by atomic mass is 9.91. The maximum atomic E-state index is 12.1. The summed E-state index contributed by atoms with van der Waals surface area (Å²) in [5, 5.41) is 12.0. The summed E-state index contributed by atoms with van der Waals surface area (Å²) < 4.78 is 0. The molecule has 6 nitrogen and oxygen atoms in total. The lowest BCUT2D eigenvalue weighted by molar-refractivity contribution is -0.143. The Hall–Kier alpha value is -1.30. The van der Waals surface area contributed by atoms with Crippen molar-refractivity contribution >= 4 is 12.0 Å². The van der Waals surface area contributed by atoms with E-state index in [4.69, 9.17) is 10.8 Å². The SMILES string of the molecule is NC1CCCCC1NC(=O)N1CCCC(C(=O)O)C1. The molecule has 1 heterocycles. The molecule has 3 atom stereocenters. The lowest BCUT2D eigenvalue weighted by Gasteiger charge is -2.35. The van der Waals surface area contributed by atoms with E-state index in [1.165, 1.54) is 0 Å². The maximum absolute atomic E-state index is 12.1. The number of nitrogens with one attached hydrogen (secondary N) is 1. The van der Waals surface area contributed by atoms with E-state index in [-0.39, 0.29) is 18.1 Å². The van der Waals surface area contributed by atoms with Gasteiger partial charge in [0.2, 0.25) is 0 Å². The second-order valence-corrected chi connectivity index (χ2v) is 5.63. The van der Waals surface area contributed by atoms with Crippen LogP contribution in [0.25, 0.3) is 0 Å². The summed E-state index contributed by atoms with van der Waals surface area (Å²) >= 11 is 0. The topological polar surface area (TPSA) is 95.7 Å². The van der Waals surface area contributed by atoms with Crippen LogP contribution < -0.4 is 11.1 Å². The number of carboxylic acid groups (broad SMARTS) is 1. The Labute approximate surface area is 113 Å². The molecular formula is C13H23N3O3. The molecule has 0 spiro atoms. The Morgan fingerprint density at radius 1 is 1.16 bits per heavy atom. The third kappa shape index (κ3) is 3.59. The molecule has 0 radical (unpaired) electrons. The molecule has 1 saturated carbocycles. The van der Waals surface area contributed by atoms with Gasteiger partial charge in [-0.05, 0) is 25.7 Å². The molecule has 2 fully saturated rings. The van der Waals surface area contributed by atoms with Crippen LogP contribution in [0, 0.1) is 5.92 Å². The van der Waals surface area contributed by atoms with Gasteiger partial charge in [-0.15, -0.1) is 0 Å². The summed E-state index contributed by atoms with van der Waals surface area (Å²) in [6.07, 6.45) is 5.49. The van der Waals surface area contributed by atoms with Gasteiger partial charge in [-0.3, -0.25) is 4.79 Å². The number of nitrogens with two attached hydrogens (primary N) is 1. The van der Waals surface area contributed by atoms with Crippen molar-refractivity contribution in [3.63, 3.8) is 0 Å². The van der Waals surface area contributed by atoms with Crippen molar-refractivity contribution < 1.29 is 14.7 Å². The van der Waals surface area contributed by atoms with Crippen LogP contribution >= 0.6 is 0 Å². The van der Waals surface area contributed by atoms with Crippen LogP contribution in [0.1, 0.15) is 38.5 Å². The Balaban J connectivity index is 1.86. The number of carbonyl (C=O) groups excluding carboxylic acids is 1.